The molecular formula is C10H16. The fourth-order valence-electron chi connectivity index (χ4n) is 2.61. The van der Waals surface area contributed by atoms with Crippen LogP contribution in [0.4, 0.5) is 0 Å². The van der Waals surface area contributed by atoms with E-state index in [0.29, 0.717) is 0 Å². The topological polar surface area (TPSA) is 0 Å². The molecule has 0 nitrogen and oxygen atoms in total. The standard InChI is InChI=1S/C10H16/c1-8-6-7-9-4-2-3-5-10(8)9/h2-3,8-10H,4-7H2,1H3. The second-order valence-electron chi connectivity index (χ2n) is 3.92. The number of rotatable bonds is 0. The second-order valence-corrected chi connectivity index (χ2v) is 3.92. The van der Waals surface area contributed by atoms with Gasteiger partial charge >= 0.3 is 0 Å². The lowest BCUT2D eigenvalue weighted by Gasteiger charge is -2.23. The summed E-state index contributed by atoms with van der Waals surface area (Å²) in [5.74, 6) is 3.11. The van der Waals surface area contributed by atoms with Gasteiger partial charge in [0, 0.05) is 0 Å². The molecule has 0 heteroatoms. The first-order chi connectivity index (χ1) is 4.88. The first kappa shape index (κ1) is 6.45. The molecule has 0 aromatic heterocycles. The second kappa shape index (κ2) is 2.41. The molecule has 0 aromatic carbocycles. The lowest BCUT2D eigenvalue weighted by Crippen LogP contribution is -2.14. The molecule has 0 saturated heterocycles. The fourth-order valence-corrected chi connectivity index (χ4v) is 2.61. The van der Waals surface area contributed by atoms with Crippen LogP contribution >= 0.6 is 0 Å². The fraction of sp³-hybridized carbons (Fsp3) is 0.800. The van der Waals surface area contributed by atoms with E-state index in [1.54, 1.807) is 0 Å². The van der Waals surface area contributed by atoms with Crippen molar-refractivity contribution in [3.63, 3.8) is 0 Å². The minimum Gasteiger partial charge on any atom is -0.0882 e. The SMILES string of the molecule is CC1CCC2CC=CCC12. The highest BCUT2D eigenvalue weighted by Gasteiger charge is 2.32. The maximum Gasteiger partial charge on any atom is -0.0317 e. The Balaban J connectivity index is 2.10. The van der Waals surface area contributed by atoms with Crippen LogP contribution in [0.15, 0.2) is 12.2 Å². The molecule has 3 atom stereocenters. The number of hydrogen-bond acceptors (Lipinski definition) is 0. The molecule has 2 rings (SSSR count). The molecule has 0 amide bonds. The quantitative estimate of drug-likeness (QED) is 0.449. The molecule has 10 heavy (non-hydrogen) atoms. The van der Waals surface area contributed by atoms with E-state index in [1.165, 1.54) is 25.7 Å². The molecule has 3 unspecified atom stereocenters. The van der Waals surface area contributed by atoms with Crippen LogP contribution in [0.25, 0.3) is 0 Å². The predicted octanol–water partition coefficient (Wildman–Crippen LogP) is 3.00. The largest absolute Gasteiger partial charge is 0.0882 e. The first-order valence-electron chi connectivity index (χ1n) is 4.53. The maximum absolute atomic E-state index is 2.42. The van der Waals surface area contributed by atoms with Crippen molar-refractivity contribution in [3.05, 3.63) is 12.2 Å². The summed E-state index contributed by atoms with van der Waals surface area (Å²) >= 11 is 0. The summed E-state index contributed by atoms with van der Waals surface area (Å²) in [5.41, 5.74) is 0. The van der Waals surface area contributed by atoms with Crippen LogP contribution in [0.2, 0.25) is 0 Å². The van der Waals surface area contributed by atoms with E-state index < -0.39 is 0 Å². The van der Waals surface area contributed by atoms with E-state index in [0.717, 1.165) is 17.8 Å². The van der Waals surface area contributed by atoms with Crippen molar-refractivity contribution in [2.24, 2.45) is 17.8 Å². The van der Waals surface area contributed by atoms with Gasteiger partial charge in [0.1, 0.15) is 0 Å². The molecular weight excluding hydrogens is 120 g/mol. The molecule has 1 saturated carbocycles. The van der Waals surface area contributed by atoms with Crippen molar-refractivity contribution in [1.29, 1.82) is 0 Å². The summed E-state index contributed by atoms with van der Waals surface area (Å²) in [6.07, 6.45) is 10.5. The Labute approximate surface area is 63.3 Å². The molecule has 0 aromatic rings. The summed E-state index contributed by atoms with van der Waals surface area (Å²) in [6, 6.07) is 0. The average Bonchev–Trinajstić information content (AvgIpc) is 2.34. The first-order valence-corrected chi connectivity index (χ1v) is 4.53. The van der Waals surface area contributed by atoms with Gasteiger partial charge in [-0.3, -0.25) is 0 Å². The molecule has 2 aliphatic rings. The summed E-state index contributed by atoms with van der Waals surface area (Å²) < 4.78 is 0. The van der Waals surface area contributed by atoms with E-state index >= 15 is 0 Å². The third kappa shape index (κ3) is 0.902. The van der Waals surface area contributed by atoms with Gasteiger partial charge in [-0.05, 0) is 37.0 Å². The van der Waals surface area contributed by atoms with Gasteiger partial charge < -0.3 is 0 Å². The van der Waals surface area contributed by atoms with Crippen molar-refractivity contribution in [2.75, 3.05) is 0 Å². The Hall–Kier alpha value is -0.260. The smallest absolute Gasteiger partial charge is 0.0317 e. The Morgan fingerprint density at radius 3 is 2.70 bits per heavy atom. The van der Waals surface area contributed by atoms with Crippen LogP contribution in [0.1, 0.15) is 32.6 Å². The molecule has 0 aliphatic heterocycles. The lowest BCUT2D eigenvalue weighted by atomic mass is 9.82. The monoisotopic (exact) mass is 136 g/mol. The minimum atomic E-state index is 1.01. The van der Waals surface area contributed by atoms with Gasteiger partial charge in [0.05, 0.1) is 0 Å². The van der Waals surface area contributed by atoms with Crippen molar-refractivity contribution in [1.82, 2.24) is 0 Å². The van der Waals surface area contributed by atoms with Gasteiger partial charge in [-0.1, -0.05) is 25.5 Å². The Morgan fingerprint density at radius 1 is 1.10 bits per heavy atom. The zero-order chi connectivity index (χ0) is 6.97. The highest BCUT2D eigenvalue weighted by molar-refractivity contribution is 4.98. The van der Waals surface area contributed by atoms with Gasteiger partial charge in [0.25, 0.3) is 0 Å². The van der Waals surface area contributed by atoms with Crippen molar-refractivity contribution < 1.29 is 0 Å². The van der Waals surface area contributed by atoms with Crippen LogP contribution in [-0.4, -0.2) is 0 Å². The van der Waals surface area contributed by atoms with E-state index in [-0.39, 0.29) is 0 Å². The van der Waals surface area contributed by atoms with Crippen molar-refractivity contribution >= 4 is 0 Å². The van der Waals surface area contributed by atoms with Gasteiger partial charge in [-0.15, -0.1) is 0 Å². The Kier molecular flexibility index (Phi) is 1.55. The summed E-state index contributed by atoms with van der Waals surface area (Å²) in [4.78, 5) is 0. The van der Waals surface area contributed by atoms with Crippen LogP contribution in [0.5, 0.6) is 0 Å². The van der Waals surface area contributed by atoms with Gasteiger partial charge in [0.2, 0.25) is 0 Å². The van der Waals surface area contributed by atoms with Crippen molar-refractivity contribution in [2.45, 2.75) is 32.6 Å². The molecule has 2 aliphatic carbocycles. The summed E-state index contributed by atoms with van der Waals surface area (Å²) in [5, 5.41) is 0. The molecule has 0 spiro atoms. The van der Waals surface area contributed by atoms with Gasteiger partial charge in [0.15, 0.2) is 0 Å². The zero-order valence-electron chi connectivity index (χ0n) is 6.72. The van der Waals surface area contributed by atoms with E-state index in [1.807, 2.05) is 0 Å². The number of hydrogen-bond donors (Lipinski definition) is 0. The van der Waals surface area contributed by atoms with E-state index in [2.05, 4.69) is 19.1 Å². The van der Waals surface area contributed by atoms with Crippen LogP contribution in [0.3, 0.4) is 0 Å². The number of allylic oxidation sites excluding steroid dienone is 2. The molecule has 0 N–H and O–H groups in total. The lowest BCUT2D eigenvalue weighted by molar-refractivity contribution is 0.320. The normalized spacial score (nSPS) is 45.5. The maximum atomic E-state index is 2.42. The van der Waals surface area contributed by atoms with E-state index in [4.69, 9.17) is 0 Å². The van der Waals surface area contributed by atoms with Crippen LogP contribution < -0.4 is 0 Å². The zero-order valence-corrected chi connectivity index (χ0v) is 6.72. The summed E-state index contributed by atoms with van der Waals surface area (Å²) in [6.45, 7) is 2.42. The average molecular weight is 136 g/mol. The third-order valence-electron chi connectivity index (χ3n) is 3.34. The molecule has 56 valence electrons. The van der Waals surface area contributed by atoms with Crippen LogP contribution in [-0.2, 0) is 0 Å². The Bertz CT molecular complexity index is 146. The number of fused-ring (bicyclic) bond motifs is 1. The summed E-state index contributed by atoms with van der Waals surface area (Å²) in [7, 11) is 0. The third-order valence-corrected chi connectivity index (χ3v) is 3.34. The Morgan fingerprint density at radius 2 is 1.90 bits per heavy atom. The highest BCUT2D eigenvalue weighted by atomic mass is 14.4. The molecule has 0 radical (unpaired) electrons. The predicted molar refractivity (Wildman–Crippen MR) is 43.8 cm³/mol. The highest BCUT2D eigenvalue weighted by Crippen LogP contribution is 2.43. The van der Waals surface area contributed by atoms with Gasteiger partial charge in [-0.25, -0.2) is 0 Å². The van der Waals surface area contributed by atoms with Crippen LogP contribution in [0, 0.1) is 17.8 Å². The molecule has 1 fully saturated rings. The molecule has 0 heterocycles. The molecule has 0 bridgehead atoms. The van der Waals surface area contributed by atoms with E-state index in [9.17, 15) is 0 Å². The minimum absolute atomic E-state index is 1.01. The van der Waals surface area contributed by atoms with Gasteiger partial charge in [-0.2, -0.15) is 0 Å². The van der Waals surface area contributed by atoms with Crippen molar-refractivity contribution in [3.8, 4) is 0 Å².